The number of aromatic nitrogens is 1. The predicted molar refractivity (Wildman–Crippen MR) is 157 cm³/mol. The van der Waals surface area contributed by atoms with Crippen molar-refractivity contribution in [1.82, 2.24) is 4.57 Å². The SMILES string of the molecule is CCC1=C(c2ccc(C)cc2)C(C(=O)c2cn(Cc3ccccc3)c3ccccc23)=C(O)CCCC1.O=CO. The second-order valence-electron chi connectivity index (χ2n) is 9.83. The van der Waals surface area contributed by atoms with E-state index in [1.165, 1.54) is 16.7 Å². The summed E-state index contributed by atoms with van der Waals surface area (Å²) in [5.41, 5.74) is 7.64. The monoisotopic (exact) mass is 521 g/mol. The summed E-state index contributed by atoms with van der Waals surface area (Å²) in [6.45, 7) is 4.65. The van der Waals surface area contributed by atoms with Gasteiger partial charge >= 0.3 is 0 Å². The van der Waals surface area contributed by atoms with Gasteiger partial charge in [-0.3, -0.25) is 9.59 Å². The van der Waals surface area contributed by atoms with E-state index in [9.17, 15) is 9.90 Å². The number of nitrogens with zero attached hydrogens (tertiary/aromatic N) is 1. The first-order valence-corrected chi connectivity index (χ1v) is 13.4. The van der Waals surface area contributed by atoms with E-state index in [1.54, 1.807) is 0 Å². The predicted octanol–water partition coefficient (Wildman–Crippen LogP) is 8.13. The van der Waals surface area contributed by atoms with Gasteiger partial charge in [-0.05, 0) is 55.4 Å². The molecular weight excluding hydrogens is 486 g/mol. The highest BCUT2D eigenvalue weighted by molar-refractivity contribution is 6.24. The van der Waals surface area contributed by atoms with Crippen molar-refractivity contribution in [3.8, 4) is 0 Å². The fraction of sp³-hybridized carbons (Fsp3) is 0.235. The zero-order chi connectivity index (χ0) is 27.8. The van der Waals surface area contributed by atoms with E-state index in [1.807, 2.05) is 42.6 Å². The van der Waals surface area contributed by atoms with Gasteiger partial charge < -0.3 is 14.8 Å². The van der Waals surface area contributed by atoms with Crippen molar-refractivity contribution in [3.05, 3.63) is 124 Å². The van der Waals surface area contributed by atoms with Crippen LogP contribution in [0.3, 0.4) is 0 Å². The zero-order valence-corrected chi connectivity index (χ0v) is 22.6. The summed E-state index contributed by atoms with van der Waals surface area (Å²) in [5, 5.41) is 19.1. The first kappa shape index (κ1) is 27.6. The van der Waals surface area contributed by atoms with Gasteiger partial charge in [0, 0.05) is 35.6 Å². The van der Waals surface area contributed by atoms with Crippen LogP contribution in [0, 0.1) is 6.92 Å². The molecule has 0 atom stereocenters. The summed E-state index contributed by atoms with van der Waals surface area (Å²) in [5.74, 6) is 0.111. The number of rotatable bonds is 6. The minimum Gasteiger partial charge on any atom is -0.512 e. The van der Waals surface area contributed by atoms with Gasteiger partial charge in [-0.1, -0.05) is 90.9 Å². The van der Waals surface area contributed by atoms with Crippen LogP contribution in [-0.2, 0) is 11.3 Å². The molecule has 1 heterocycles. The number of para-hydroxylation sites is 1. The van der Waals surface area contributed by atoms with E-state index in [0.29, 0.717) is 24.1 Å². The fourth-order valence-electron chi connectivity index (χ4n) is 5.34. The number of benzene rings is 3. The van der Waals surface area contributed by atoms with E-state index in [0.717, 1.165) is 47.7 Å². The average molecular weight is 522 g/mol. The molecular formula is C34H35NO4. The molecule has 0 spiro atoms. The lowest BCUT2D eigenvalue weighted by Crippen LogP contribution is -2.12. The number of carbonyl (C=O) groups excluding carboxylic acids is 1. The molecule has 4 aromatic rings. The minimum atomic E-state index is -0.250. The molecule has 0 fully saturated rings. The van der Waals surface area contributed by atoms with Crippen LogP contribution < -0.4 is 0 Å². The van der Waals surface area contributed by atoms with Gasteiger partial charge in [-0.15, -0.1) is 0 Å². The highest BCUT2D eigenvalue weighted by atomic mass is 16.3. The van der Waals surface area contributed by atoms with Crippen molar-refractivity contribution < 1.29 is 19.8 Å². The maximum Gasteiger partial charge on any atom is 0.290 e. The maximum absolute atomic E-state index is 14.4. The Morgan fingerprint density at radius 2 is 1.56 bits per heavy atom. The van der Waals surface area contributed by atoms with Crippen LogP contribution in [0.1, 0.15) is 66.1 Å². The quantitative estimate of drug-likeness (QED) is 0.198. The minimum absolute atomic E-state index is 0.0982. The number of carboxylic acid groups (broad SMARTS) is 1. The van der Waals surface area contributed by atoms with Crippen LogP contribution in [0.25, 0.3) is 16.5 Å². The molecule has 200 valence electrons. The Morgan fingerprint density at radius 3 is 2.26 bits per heavy atom. The number of aliphatic hydroxyl groups is 1. The number of carbonyl (C=O) groups is 2. The van der Waals surface area contributed by atoms with Gasteiger partial charge in [0.05, 0.1) is 5.57 Å². The molecule has 1 aliphatic rings. The summed E-state index contributed by atoms with van der Waals surface area (Å²) < 4.78 is 2.15. The van der Waals surface area contributed by atoms with Gasteiger partial charge in [-0.25, -0.2) is 0 Å². The lowest BCUT2D eigenvalue weighted by molar-refractivity contribution is -0.122. The third kappa shape index (κ3) is 6.20. The van der Waals surface area contributed by atoms with E-state index >= 15 is 0 Å². The Bertz CT molecular complexity index is 1510. The molecule has 0 unspecified atom stereocenters. The second-order valence-corrected chi connectivity index (χ2v) is 9.83. The molecule has 5 rings (SSSR count). The van der Waals surface area contributed by atoms with Crippen LogP contribution in [-0.4, -0.2) is 27.0 Å². The number of hydrogen-bond donors (Lipinski definition) is 2. The lowest BCUT2D eigenvalue weighted by Gasteiger charge is -2.22. The molecule has 2 N–H and O–H groups in total. The fourth-order valence-corrected chi connectivity index (χ4v) is 5.34. The molecule has 3 aromatic carbocycles. The Hall–Kier alpha value is -4.38. The molecule has 0 saturated carbocycles. The molecule has 1 aliphatic carbocycles. The van der Waals surface area contributed by atoms with Crippen LogP contribution in [0.15, 0.2) is 102 Å². The second kappa shape index (κ2) is 12.9. The highest BCUT2D eigenvalue weighted by Gasteiger charge is 2.28. The largest absolute Gasteiger partial charge is 0.512 e. The molecule has 0 radical (unpaired) electrons. The number of aliphatic hydroxyl groups excluding tert-OH is 1. The van der Waals surface area contributed by atoms with Gasteiger partial charge in [0.15, 0.2) is 5.78 Å². The third-order valence-corrected chi connectivity index (χ3v) is 7.26. The van der Waals surface area contributed by atoms with E-state index in [2.05, 4.69) is 60.9 Å². The molecule has 0 amide bonds. The Morgan fingerprint density at radius 1 is 0.923 bits per heavy atom. The lowest BCUT2D eigenvalue weighted by atomic mass is 9.82. The van der Waals surface area contributed by atoms with E-state index in [4.69, 9.17) is 9.90 Å². The molecule has 5 nitrogen and oxygen atoms in total. The Labute approximate surface area is 229 Å². The van der Waals surface area contributed by atoms with Crippen LogP contribution in [0.2, 0.25) is 0 Å². The first-order chi connectivity index (χ1) is 19.0. The van der Waals surface area contributed by atoms with Gasteiger partial charge in [0.2, 0.25) is 0 Å². The Balaban J connectivity index is 0.00000112. The molecule has 0 saturated heterocycles. The molecule has 1 aromatic heterocycles. The summed E-state index contributed by atoms with van der Waals surface area (Å²) in [6, 6.07) is 26.7. The summed E-state index contributed by atoms with van der Waals surface area (Å²) in [6.07, 6.45) is 6.18. The van der Waals surface area contributed by atoms with Gasteiger partial charge in [0.25, 0.3) is 6.47 Å². The topological polar surface area (TPSA) is 79.5 Å². The smallest absolute Gasteiger partial charge is 0.290 e. The number of fused-ring (bicyclic) bond motifs is 1. The number of allylic oxidation sites excluding steroid dienone is 4. The van der Waals surface area contributed by atoms with Crippen molar-refractivity contribution in [2.24, 2.45) is 0 Å². The highest BCUT2D eigenvalue weighted by Crippen LogP contribution is 2.38. The number of aryl methyl sites for hydroxylation is 1. The molecule has 0 bridgehead atoms. The van der Waals surface area contributed by atoms with E-state index in [-0.39, 0.29) is 18.0 Å². The van der Waals surface area contributed by atoms with Gasteiger partial charge in [0.1, 0.15) is 5.76 Å². The zero-order valence-electron chi connectivity index (χ0n) is 22.6. The number of ketones is 1. The Kier molecular flexibility index (Phi) is 9.16. The summed E-state index contributed by atoms with van der Waals surface area (Å²) >= 11 is 0. The van der Waals surface area contributed by atoms with Crippen molar-refractivity contribution in [2.75, 3.05) is 0 Å². The number of hydrogen-bond acceptors (Lipinski definition) is 3. The first-order valence-electron chi connectivity index (χ1n) is 13.4. The van der Waals surface area contributed by atoms with Crippen molar-refractivity contribution >= 4 is 28.7 Å². The van der Waals surface area contributed by atoms with Gasteiger partial charge in [-0.2, -0.15) is 0 Å². The average Bonchev–Trinajstić information content (AvgIpc) is 3.31. The van der Waals surface area contributed by atoms with Crippen molar-refractivity contribution in [3.63, 3.8) is 0 Å². The maximum atomic E-state index is 14.4. The number of Topliss-reactive ketones (excluding diaryl/α,β-unsaturated/α-hetero) is 1. The molecule has 39 heavy (non-hydrogen) atoms. The standard InChI is InChI=1S/C33H33NO2.CH2O2/c1-3-25-13-7-10-16-30(35)32(31(25)26-19-17-23(2)18-20-26)33(36)28-22-34(21-24-11-5-4-6-12-24)29-15-9-8-14-27(28)29;2-1-3/h4-6,8-9,11-12,14-15,17-20,22,35H,3,7,10,13,16,21H2,1-2H3;1H,(H,2,3). The van der Waals surface area contributed by atoms with E-state index < -0.39 is 0 Å². The molecule has 0 aliphatic heterocycles. The van der Waals surface area contributed by atoms with Crippen molar-refractivity contribution in [1.29, 1.82) is 0 Å². The van der Waals surface area contributed by atoms with Crippen LogP contribution >= 0.6 is 0 Å². The van der Waals surface area contributed by atoms with Crippen molar-refractivity contribution in [2.45, 2.75) is 52.5 Å². The van der Waals surface area contributed by atoms with Crippen LogP contribution in [0.5, 0.6) is 0 Å². The van der Waals surface area contributed by atoms with Crippen LogP contribution in [0.4, 0.5) is 0 Å². The summed E-state index contributed by atoms with van der Waals surface area (Å²) in [4.78, 5) is 22.8. The molecule has 5 heteroatoms. The third-order valence-electron chi connectivity index (χ3n) is 7.26. The normalized spacial score (nSPS) is 13.9. The summed E-state index contributed by atoms with van der Waals surface area (Å²) in [7, 11) is 0.